The molecule has 0 heterocycles. The minimum atomic E-state index is -2.41. The van der Waals surface area contributed by atoms with Crippen LogP contribution < -0.4 is 10.4 Å². The molecule has 0 aromatic heterocycles. The molecule has 0 bridgehead atoms. The van der Waals surface area contributed by atoms with Crippen LogP contribution in [0.25, 0.3) is 0 Å². The quantitative estimate of drug-likeness (QED) is 0.310. The fraction of sp³-hybridized carbons (Fsp3) is 0.417. The second-order valence-corrected chi connectivity index (χ2v) is 15.0. The number of allylic oxidation sites excluding steroid dienone is 1. The Bertz CT molecular complexity index is 692. The van der Waals surface area contributed by atoms with Crippen LogP contribution >= 0.6 is 22.6 Å². The summed E-state index contributed by atoms with van der Waals surface area (Å²) in [6.45, 7) is 16.5. The molecule has 0 saturated carbocycles. The van der Waals surface area contributed by atoms with Gasteiger partial charge >= 0.3 is 0 Å². The molecule has 0 saturated heterocycles. The van der Waals surface area contributed by atoms with Crippen molar-refractivity contribution in [3.8, 4) is 0 Å². The number of benzene rings is 2. The molecule has 0 radical (unpaired) electrons. The molecule has 27 heavy (non-hydrogen) atoms. The van der Waals surface area contributed by atoms with Crippen molar-refractivity contribution in [2.45, 2.75) is 52.5 Å². The van der Waals surface area contributed by atoms with Crippen LogP contribution in [0.5, 0.6) is 0 Å². The molecule has 0 fully saturated rings. The van der Waals surface area contributed by atoms with E-state index in [0.717, 1.165) is 19.4 Å². The minimum Gasteiger partial charge on any atom is -0.407 e. The minimum absolute atomic E-state index is 0.0344. The molecule has 1 nitrogen and oxygen atoms in total. The third-order valence-corrected chi connectivity index (χ3v) is 10.6. The zero-order chi connectivity index (χ0) is 20.1. The van der Waals surface area contributed by atoms with Crippen molar-refractivity contribution in [1.29, 1.82) is 0 Å². The van der Waals surface area contributed by atoms with Crippen LogP contribution in [-0.4, -0.2) is 14.9 Å². The van der Waals surface area contributed by atoms with E-state index in [1.165, 1.54) is 14.0 Å². The van der Waals surface area contributed by atoms with Crippen LogP contribution in [0.15, 0.2) is 70.8 Å². The average Bonchev–Trinajstić information content (AvgIpc) is 2.58. The van der Waals surface area contributed by atoms with Gasteiger partial charge in [0.1, 0.15) is 0 Å². The number of hydrogen-bond acceptors (Lipinski definition) is 1. The Morgan fingerprint density at radius 3 is 1.70 bits per heavy atom. The lowest BCUT2D eigenvalue weighted by molar-refractivity contribution is 0.219. The second-order valence-electron chi connectivity index (χ2n) is 9.12. The van der Waals surface area contributed by atoms with Gasteiger partial charge in [-0.05, 0) is 59.8 Å². The summed E-state index contributed by atoms with van der Waals surface area (Å²) in [7, 11) is -2.41. The van der Waals surface area contributed by atoms with Gasteiger partial charge in [0.2, 0.25) is 0 Å². The summed E-state index contributed by atoms with van der Waals surface area (Å²) in [6.07, 6.45) is 2.05. The van der Waals surface area contributed by atoms with E-state index in [0.29, 0.717) is 0 Å². The van der Waals surface area contributed by atoms with Crippen molar-refractivity contribution in [2.24, 2.45) is 5.41 Å². The number of halogens is 1. The maximum absolute atomic E-state index is 6.99. The zero-order valence-electron chi connectivity index (χ0n) is 17.4. The van der Waals surface area contributed by atoms with Gasteiger partial charge in [0, 0.05) is 6.61 Å². The van der Waals surface area contributed by atoms with Crippen LogP contribution in [-0.2, 0) is 4.43 Å². The Kier molecular flexibility index (Phi) is 7.51. The van der Waals surface area contributed by atoms with Gasteiger partial charge in [-0.1, -0.05) is 102 Å². The lowest BCUT2D eigenvalue weighted by Crippen LogP contribution is -2.66. The van der Waals surface area contributed by atoms with Crippen molar-refractivity contribution in [3.05, 3.63) is 70.8 Å². The Morgan fingerprint density at radius 1 is 0.889 bits per heavy atom. The van der Waals surface area contributed by atoms with Crippen LogP contribution in [0.4, 0.5) is 0 Å². The number of rotatable bonds is 8. The van der Waals surface area contributed by atoms with Gasteiger partial charge in [-0.25, -0.2) is 0 Å². The fourth-order valence-electron chi connectivity index (χ4n) is 3.85. The summed E-state index contributed by atoms with van der Waals surface area (Å²) in [5.41, 5.74) is 0.198. The van der Waals surface area contributed by atoms with Crippen LogP contribution in [0.1, 0.15) is 47.5 Å². The molecule has 2 rings (SSSR count). The maximum Gasteiger partial charge on any atom is 0.261 e. The van der Waals surface area contributed by atoms with Gasteiger partial charge in [0.05, 0.1) is 0 Å². The van der Waals surface area contributed by atoms with Crippen molar-refractivity contribution >= 4 is 41.3 Å². The third kappa shape index (κ3) is 5.55. The van der Waals surface area contributed by atoms with Gasteiger partial charge in [0.25, 0.3) is 8.32 Å². The van der Waals surface area contributed by atoms with E-state index in [1.807, 2.05) is 0 Å². The second kappa shape index (κ2) is 9.06. The van der Waals surface area contributed by atoms with E-state index >= 15 is 0 Å². The van der Waals surface area contributed by atoms with E-state index in [2.05, 4.69) is 124 Å². The van der Waals surface area contributed by atoms with Crippen molar-refractivity contribution in [3.63, 3.8) is 0 Å². The molecule has 0 aliphatic rings. The van der Waals surface area contributed by atoms with Gasteiger partial charge in [0.15, 0.2) is 0 Å². The topological polar surface area (TPSA) is 9.23 Å². The lowest BCUT2D eigenvalue weighted by atomic mass is 9.86. The lowest BCUT2D eigenvalue weighted by Gasteiger charge is -2.43. The standard InChI is InChI=1S/C24H33IOSi/c1-20(25)19-24(5,6)17-18-26-27(23(2,3)4,21-13-9-7-10-14-21)22-15-11-8-12-16-22/h7-16H,1,17-19H2,2-6H3. The van der Waals surface area contributed by atoms with Gasteiger partial charge in [-0.2, -0.15) is 0 Å². The molecule has 146 valence electrons. The molecule has 3 heteroatoms. The summed E-state index contributed by atoms with van der Waals surface area (Å²) in [6, 6.07) is 21.7. The summed E-state index contributed by atoms with van der Waals surface area (Å²) in [4.78, 5) is 0. The SMILES string of the molecule is C=C(I)CC(C)(C)CCO[Si](c1ccccc1)(c1ccccc1)C(C)(C)C. The molecule has 0 amide bonds. The first-order valence-electron chi connectivity index (χ1n) is 9.67. The fourth-order valence-corrected chi connectivity index (χ4v) is 9.45. The first kappa shape index (κ1) is 22.4. The zero-order valence-corrected chi connectivity index (χ0v) is 20.5. The highest BCUT2D eigenvalue weighted by Crippen LogP contribution is 2.38. The van der Waals surface area contributed by atoms with E-state index in [9.17, 15) is 0 Å². The third-order valence-electron chi connectivity index (χ3n) is 5.18. The number of hydrogen-bond donors (Lipinski definition) is 0. The van der Waals surface area contributed by atoms with Gasteiger partial charge in [-0.15, -0.1) is 0 Å². The highest BCUT2D eigenvalue weighted by molar-refractivity contribution is 14.1. The average molecular weight is 493 g/mol. The van der Waals surface area contributed by atoms with Crippen LogP contribution in [0, 0.1) is 5.41 Å². The Morgan fingerprint density at radius 2 is 1.33 bits per heavy atom. The molecular formula is C24H33IOSi. The van der Waals surface area contributed by atoms with Crippen molar-refractivity contribution in [2.75, 3.05) is 6.61 Å². The van der Waals surface area contributed by atoms with Gasteiger partial charge in [-0.3, -0.25) is 0 Å². The molecule has 0 N–H and O–H groups in total. The van der Waals surface area contributed by atoms with E-state index in [1.54, 1.807) is 0 Å². The summed E-state index contributed by atoms with van der Waals surface area (Å²) in [5.74, 6) is 0. The Balaban J connectivity index is 2.42. The summed E-state index contributed by atoms with van der Waals surface area (Å²) in [5, 5.41) is 2.73. The molecule has 0 aliphatic heterocycles. The Hall–Kier alpha value is -0.913. The predicted molar refractivity (Wildman–Crippen MR) is 130 cm³/mol. The first-order chi connectivity index (χ1) is 12.6. The van der Waals surface area contributed by atoms with Gasteiger partial charge < -0.3 is 4.43 Å². The van der Waals surface area contributed by atoms with Crippen LogP contribution in [0.3, 0.4) is 0 Å². The smallest absolute Gasteiger partial charge is 0.261 e. The normalized spacial score (nSPS) is 12.8. The Labute approximate surface area is 180 Å². The molecule has 0 aliphatic carbocycles. The largest absolute Gasteiger partial charge is 0.407 e. The molecule has 2 aromatic carbocycles. The molecule has 0 unspecified atom stereocenters. The van der Waals surface area contributed by atoms with Crippen LogP contribution in [0.2, 0.25) is 5.04 Å². The summed E-state index contributed by atoms with van der Waals surface area (Å²) >= 11 is 2.34. The summed E-state index contributed by atoms with van der Waals surface area (Å²) < 4.78 is 8.20. The van der Waals surface area contributed by atoms with Crippen molar-refractivity contribution in [1.82, 2.24) is 0 Å². The molecule has 2 aromatic rings. The van der Waals surface area contributed by atoms with E-state index < -0.39 is 8.32 Å². The monoisotopic (exact) mass is 492 g/mol. The molecular weight excluding hydrogens is 459 g/mol. The molecule has 0 atom stereocenters. The predicted octanol–water partition coefficient (Wildman–Crippen LogP) is 6.32. The maximum atomic E-state index is 6.99. The molecule has 0 spiro atoms. The highest BCUT2D eigenvalue weighted by atomic mass is 127. The van der Waals surface area contributed by atoms with Crippen molar-refractivity contribution < 1.29 is 4.43 Å². The van der Waals surface area contributed by atoms with E-state index in [4.69, 9.17) is 4.43 Å². The highest BCUT2D eigenvalue weighted by Gasteiger charge is 2.50. The van der Waals surface area contributed by atoms with E-state index in [-0.39, 0.29) is 10.5 Å². The first-order valence-corrected chi connectivity index (χ1v) is 12.7.